The van der Waals surface area contributed by atoms with Gasteiger partial charge in [-0.1, -0.05) is 12.1 Å². The Balaban J connectivity index is 1.41. The van der Waals surface area contributed by atoms with Gasteiger partial charge < -0.3 is 20.1 Å². The van der Waals surface area contributed by atoms with Crippen LogP contribution in [0.2, 0.25) is 0 Å². The first-order chi connectivity index (χ1) is 11.7. The number of aliphatic hydroxyl groups excluding tert-OH is 1. The molecule has 0 bridgehead atoms. The van der Waals surface area contributed by atoms with Crippen molar-refractivity contribution in [2.24, 2.45) is 5.92 Å². The predicted octanol–water partition coefficient (Wildman–Crippen LogP) is 1.59. The van der Waals surface area contributed by atoms with E-state index in [9.17, 15) is 9.90 Å². The molecule has 0 aromatic heterocycles. The van der Waals surface area contributed by atoms with Crippen LogP contribution in [0, 0.1) is 5.92 Å². The first kappa shape index (κ1) is 17.2. The zero-order valence-corrected chi connectivity index (χ0v) is 14.4. The van der Waals surface area contributed by atoms with Crippen LogP contribution in [0.3, 0.4) is 0 Å². The molecule has 0 unspecified atom stereocenters. The molecule has 1 aromatic rings. The van der Waals surface area contributed by atoms with E-state index < -0.39 is 0 Å². The van der Waals surface area contributed by atoms with E-state index in [0.29, 0.717) is 18.9 Å². The van der Waals surface area contributed by atoms with Crippen LogP contribution < -0.4 is 10.1 Å². The average Bonchev–Trinajstić information content (AvgIpc) is 3.06. The van der Waals surface area contributed by atoms with Crippen molar-refractivity contribution in [1.29, 1.82) is 0 Å². The lowest BCUT2D eigenvalue weighted by Crippen LogP contribution is -2.47. The molecule has 132 valence electrons. The Morgan fingerprint density at radius 2 is 2.00 bits per heavy atom. The van der Waals surface area contributed by atoms with E-state index in [4.69, 9.17) is 4.74 Å². The van der Waals surface area contributed by atoms with Crippen LogP contribution in [0.25, 0.3) is 0 Å². The third kappa shape index (κ3) is 4.28. The molecule has 2 atom stereocenters. The highest BCUT2D eigenvalue weighted by atomic mass is 16.5. The summed E-state index contributed by atoms with van der Waals surface area (Å²) in [4.78, 5) is 14.4. The summed E-state index contributed by atoms with van der Waals surface area (Å²) in [6.45, 7) is 2.23. The second kappa shape index (κ2) is 7.99. The lowest BCUT2D eigenvalue weighted by molar-refractivity contribution is -0.134. The van der Waals surface area contributed by atoms with E-state index in [2.05, 4.69) is 17.4 Å². The summed E-state index contributed by atoms with van der Waals surface area (Å²) in [6.07, 6.45) is 4.60. The minimum absolute atomic E-state index is 0.167. The minimum Gasteiger partial charge on any atom is -0.497 e. The van der Waals surface area contributed by atoms with E-state index in [-0.39, 0.29) is 18.1 Å². The van der Waals surface area contributed by atoms with Gasteiger partial charge in [0.15, 0.2) is 0 Å². The number of hydrogen-bond acceptors (Lipinski definition) is 4. The number of rotatable bonds is 5. The molecular weight excluding hydrogens is 304 g/mol. The normalized spacial score (nSPS) is 25.0. The van der Waals surface area contributed by atoms with Crippen LogP contribution in [0.5, 0.6) is 5.75 Å². The van der Waals surface area contributed by atoms with Gasteiger partial charge in [-0.15, -0.1) is 0 Å². The molecule has 2 aliphatic heterocycles. The standard InChI is InChI=1S/C19H28N2O3/c1-24-17-6-4-14(5-7-17)2-3-15-8-10-21(11-9-15)19(23)18-12-16(22)13-20-18/h4-7,15-16,18,20,22H,2-3,8-13H2,1H3/t16-,18-/m1/s1. The van der Waals surface area contributed by atoms with Crippen LogP contribution >= 0.6 is 0 Å². The summed E-state index contributed by atoms with van der Waals surface area (Å²) in [5.41, 5.74) is 1.35. The number of nitrogens with one attached hydrogen (secondary N) is 1. The van der Waals surface area contributed by atoms with Crippen LogP contribution in [-0.4, -0.2) is 54.8 Å². The number of ether oxygens (including phenoxy) is 1. The number of β-amino-alcohol motifs (C(OH)–C–C–N with tert-alkyl or cyclic N) is 1. The number of hydrogen-bond donors (Lipinski definition) is 2. The highest BCUT2D eigenvalue weighted by molar-refractivity contribution is 5.82. The Kier molecular flexibility index (Phi) is 5.74. The molecule has 1 aromatic carbocycles. The van der Waals surface area contributed by atoms with Crippen molar-refractivity contribution in [1.82, 2.24) is 10.2 Å². The summed E-state index contributed by atoms with van der Waals surface area (Å²) in [7, 11) is 1.69. The molecule has 24 heavy (non-hydrogen) atoms. The van der Waals surface area contributed by atoms with Gasteiger partial charge in [-0.2, -0.15) is 0 Å². The van der Waals surface area contributed by atoms with Crippen molar-refractivity contribution in [3.63, 3.8) is 0 Å². The molecule has 2 heterocycles. The van der Waals surface area contributed by atoms with Crippen molar-refractivity contribution in [2.75, 3.05) is 26.7 Å². The van der Waals surface area contributed by atoms with E-state index in [0.717, 1.165) is 38.1 Å². The smallest absolute Gasteiger partial charge is 0.239 e. The summed E-state index contributed by atoms with van der Waals surface area (Å²) in [5.74, 6) is 1.76. The van der Waals surface area contributed by atoms with Gasteiger partial charge in [0.1, 0.15) is 5.75 Å². The molecule has 0 aliphatic carbocycles. The zero-order valence-electron chi connectivity index (χ0n) is 14.4. The molecule has 2 N–H and O–H groups in total. The molecule has 2 aliphatic rings. The van der Waals surface area contributed by atoms with Gasteiger partial charge in [0.2, 0.25) is 5.91 Å². The lowest BCUT2D eigenvalue weighted by atomic mass is 9.90. The summed E-state index contributed by atoms with van der Waals surface area (Å²) < 4.78 is 5.19. The SMILES string of the molecule is COc1ccc(CCC2CCN(C(=O)[C@H]3C[C@@H](O)CN3)CC2)cc1. The monoisotopic (exact) mass is 332 g/mol. The number of aliphatic hydroxyl groups is 1. The van der Waals surface area contributed by atoms with Crippen LogP contribution in [-0.2, 0) is 11.2 Å². The minimum atomic E-state index is -0.374. The largest absolute Gasteiger partial charge is 0.497 e. The highest BCUT2D eigenvalue weighted by Crippen LogP contribution is 2.24. The van der Waals surface area contributed by atoms with E-state index in [1.807, 2.05) is 17.0 Å². The number of carbonyl (C=O) groups excluding carboxylic acids is 1. The molecule has 5 nitrogen and oxygen atoms in total. The van der Waals surface area contributed by atoms with Gasteiger partial charge in [0.05, 0.1) is 19.3 Å². The first-order valence-corrected chi connectivity index (χ1v) is 8.99. The van der Waals surface area contributed by atoms with Crippen molar-refractivity contribution in [2.45, 2.75) is 44.2 Å². The van der Waals surface area contributed by atoms with E-state index in [1.54, 1.807) is 7.11 Å². The van der Waals surface area contributed by atoms with Crippen molar-refractivity contribution in [3.05, 3.63) is 29.8 Å². The molecule has 2 saturated heterocycles. The molecule has 2 fully saturated rings. The molecule has 5 heteroatoms. The van der Waals surface area contributed by atoms with Crippen LogP contribution in [0.1, 0.15) is 31.2 Å². The third-order valence-electron chi connectivity index (χ3n) is 5.33. The van der Waals surface area contributed by atoms with Gasteiger partial charge in [0, 0.05) is 19.6 Å². The van der Waals surface area contributed by atoms with Crippen molar-refractivity contribution < 1.29 is 14.6 Å². The fourth-order valence-corrected chi connectivity index (χ4v) is 3.73. The lowest BCUT2D eigenvalue weighted by Gasteiger charge is -2.33. The number of piperidine rings is 1. The maximum Gasteiger partial charge on any atom is 0.239 e. The number of aryl methyl sites for hydroxylation is 1. The number of nitrogens with zero attached hydrogens (tertiary/aromatic N) is 1. The topological polar surface area (TPSA) is 61.8 Å². The third-order valence-corrected chi connectivity index (χ3v) is 5.33. The molecule has 0 saturated carbocycles. The first-order valence-electron chi connectivity index (χ1n) is 8.99. The summed E-state index contributed by atoms with van der Waals surface area (Å²) in [6, 6.07) is 8.11. The number of amides is 1. The van der Waals surface area contributed by atoms with Gasteiger partial charge in [0.25, 0.3) is 0 Å². The average molecular weight is 332 g/mol. The van der Waals surface area contributed by atoms with E-state index in [1.165, 1.54) is 12.0 Å². The number of likely N-dealkylation sites (tertiary alicyclic amines) is 1. The Hall–Kier alpha value is -1.59. The number of benzene rings is 1. The van der Waals surface area contributed by atoms with Crippen LogP contribution in [0.4, 0.5) is 0 Å². The maximum absolute atomic E-state index is 12.4. The molecule has 0 spiro atoms. The maximum atomic E-state index is 12.4. The second-order valence-corrected chi connectivity index (χ2v) is 7.01. The highest BCUT2D eigenvalue weighted by Gasteiger charge is 2.32. The van der Waals surface area contributed by atoms with Crippen molar-refractivity contribution in [3.8, 4) is 5.75 Å². The predicted molar refractivity (Wildman–Crippen MR) is 93.0 cm³/mol. The number of carbonyl (C=O) groups is 1. The molecule has 3 rings (SSSR count). The van der Waals surface area contributed by atoms with Crippen LogP contribution in [0.15, 0.2) is 24.3 Å². The zero-order chi connectivity index (χ0) is 16.9. The summed E-state index contributed by atoms with van der Waals surface area (Å²) >= 11 is 0. The Morgan fingerprint density at radius 1 is 1.29 bits per heavy atom. The molecule has 1 amide bonds. The van der Waals surface area contributed by atoms with Gasteiger partial charge in [-0.3, -0.25) is 4.79 Å². The Morgan fingerprint density at radius 3 is 2.58 bits per heavy atom. The fourth-order valence-electron chi connectivity index (χ4n) is 3.73. The number of methoxy groups -OCH3 is 1. The van der Waals surface area contributed by atoms with E-state index >= 15 is 0 Å². The quantitative estimate of drug-likeness (QED) is 0.860. The van der Waals surface area contributed by atoms with Crippen molar-refractivity contribution >= 4 is 5.91 Å². The van der Waals surface area contributed by atoms with Gasteiger partial charge in [-0.25, -0.2) is 0 Å². The van der Waals surface area contributed by atoms with Gasteiger partial charge >= 0.3 is 0 Å². The molecular formula is C19H28N2O3. The Labute approximate surface area is 144 Å². The fraction of sp³-hybridized carbons (Fsp3) is 0.632. The Bertz CT molecular complexity index is 538. The summed E-state index contributed by atoms with van der Waals surface area (Å²) in [5, 5.41) is 12.7. The second-order valence-electron chi connectivity index (χ2n) is 7.01. The van der Waals surface area contributed by atoms with Gasteiger partial charge in [-0.05, 0) is 55.7 Å². The molecule has 0 radical (unpaired) electrons.